The number of phenolic OH excluding ortho intramolecular Hbond substituents is 1. The van der Waals surface area contributed by atoms with Crippen LogP contribution in [0.15, 0.2) is 90.1 Å². The van der Waals surface area contributed by atoms with Gasteiger partial charge in [-0.25, -0.2) is 0 Å². The third-order valence-corrected chi connectivity index (χ3v) is 8.58. The lowest BCUT2D eigenvalue weighted by atomic mass is 9.69. The van der Waals surface area contributed by atoms with Gasteiger partial charge < -0.3 is 14.6 Å². The van der Waals surface area contributed by atoms with Crippen molar-refractivity contribution < 1.29 is 24.2 Å². The van der Waals surface area contributed by atoms with Gasteiger partial charge in [0.15, 0.2) is 0 Å². The molecule has 6 rings (SSSR count). The van der Waals surface area contributed by atoms with Crippen LogP contribution in [0.25, 0.3) is 11.6 Å². The number of imide groups is 1. The van der Waals surface area contributed by atoms with E-state index in [9.17, 15) is 14.7 Å². The Morgan fingerprint density at radius 2 is 1.88 bits per heavy atom. The van der Waals surface area contributed by atoms with Gasteiger partial charge in [0.1, 0.15) is 18.1 Å². The highest BCUT2D eigenvalue weighted by atomic mass is 16.5. The number of pyridine rings is 1. The fourth-order valence-corrected chi connectivity index (χ4v) is 6.73. The van der Waals surface area contributed by atoms with Gasteiger partial charge in [-0.2, -0.15) is 0 Å². The number of likely N-dealkylation sites (tertiary alicyclic amines) is 1. The standard InChI is InChI=1S/C35H36N2O5/c1-2-17-37-34(39)28-20-25(21-41-27-11-4-3-5-12-27)32-29(33(28)35(37)40)22-42-31(32)15-14-24(30-13-6-7-16-36-30)18-23-9-8-10-26(38)19-23/h3-13,16,18-19,28-29,31,33,38H,2,14-15,17,20-22H2,1H3/b24-18-/t28-,29+,31-,33-/m1/s1. The second-order valence-electron chi connectivity index (χ2n) is 11.3. The van der Waals surface area contributed by atoms with Gasteiger partial charge in [-0.05, 0) is 90.4 Å². The van der Waals surface area contributed by atoms with Crippen LogP contribution in [0.1, 0.15) is 43.9 Å². The van der Waals surface area contributed by atoms with Crippen LogP contribution in [0.2, 0.25) is 0 Å². The van der Waals surface area contributed by atoms with Crippen LogP contribution in [-0.2, 0) is 14.3 Å². The van der Waals surface area contributed by atoms with Crippen molar-refractivity contribution in [2.75, 3.05) is 19.8 Å². The van der Waals surface area contributed by atoms with Gasteiger partial charge in [-0.15, -0.1) is 0 Å². The van der Waals surface area contributed by atoms with Crippen LogP contribution in [0.4, 0.5) is 0 Å². The van der Waals surface area contributed by atoms with Crippen LogP contribution in [-0.4, -0.2) is 52.7 Å². The van der Waals surface area contributed by atoms with E-state index in [4.69, 9.17) is 9.47 Å². The van der Waals surface area contributed by atoms with Crippen LogP contribution in [0, 0.1) is 17.8 Å². The summed E-state index contributed by atoms with van der Waals surface area (Å²) in [6.07, 6.45) is 6.28. The van der Waals surface area contributed by atoms with Gasteiger partial charge in [0.2, 0.25) is 11.8 Å². The average molecular weight is 565 g/mol. The monoisotopic (exact) mass is 564 g/mol. The van der Waals surface area contributed by atoms with Crippen LogP contribution in [0.5, 0.6) is 11.5 Å². The highest BCUT2D eigenvalue weighted by Crippen LogP contribution is 2.50. The van der Waals surface area contributed by atoms with E-state index in [0.717, 1.165) is 40.1 Å². The average Bonchev–Trinajstić information content (AvgIpc) is 3.54. The molecule has 3 heterocycles. The van der Waals surface area contributed by atoms with E-state index in [0.29, 0.717) is 39.0 Å². The van der Waals surface area contributed by atoms with Gasteiger partial charge in [0.05, 0.1) is 30.2 Å². The Hall–Kier alpha value is -4.23. The van der Waals surface area contributed by atoms with Crippen LogP contribution < -0.4 is 4.74 Å². The highest BCUT2D eigenvalue weighted by molar-refractivity contribution is 6.06. The molecular weight excluding hydrogens is 528 g/mol. The van der Waals surface area contributed by atoms with Crippen molar-refractivity contribution in [1.29, 1.82) is 0 Å². The number of carbonyl (C=O) groups excluding carboxylic acids is 2. The molecule has 3 aromatic rings. The number of para-hydroxylation sites is 1. The number of benzene rings is 2. The maximum Gasteiger partial charge on any atom is 0.233 e. The van der Waals surface area contributed by atoms with E-state index in [2.05, 4.69) is 11.1 Å². The summed E-state index contributed by atoms with van der Waals surface area (Å²) in [5.41, 5.74) is 5.00. The Labute approximate surface area is 246 Å². The number of ether oxygens (including phenoxy) is 2. The summed E-state index contributed by atoms with van der Waals surface area (Å²) in [6.45, 7) is 3.23. The molecule has 1 N–H and O–H groups in total. The number of hydrogen-bond donors (Lipinski definition) is 1. The molecule has 2 amide bonds. The third kappa shape index (κ3) is 5.61. The molecule has 1 aromatic heterocycles. The fraction of sp³-hybridized carbons (Fsp3) is 0.343. The highest BCUT2D eigenvalue weighted by Gasteiger charge is 2.56. The molecule has 7 heteroatoms. The number of hydrogen-bond acceptors (Lipinski definition) is 6. The van der Waals surface area contributed by atoms with Crippen molar-refractivity contribution in [3.05, 3.63) is 101 Å². The molecule has 3 aliphatic rings. The Morgan fingerprint density at radius 1 is 1.05 bits per heavy atom. The second-order valence-corrected chi connectivity index (χ2v) is 11.3. The van der Waals surface area contributed by atoms with Gasteiger partial charge in [0, 0.05) is 18.7 Å². The van der Waals surface area contributed by atoms with Gasteiger partial charge in [0.25, 0.3) is 0 Å². The first kappa shape index (κ1) is 27.9. The predicted molar refractivity (Wildman–Crippen MR) is 160 cm³/mol. The number of aromatic nitrogens is 1. The number of rotatable bonds is 10. The molecule has 2 fully saturated rings. The number of fused-ring (bicyclic) bond motifs is 3. The van der Waals surface area contributed by atoms with Crippen LogP contribution in [0.3, 0.4) is 0 Å². The van der Waals surface area contributed by atoms with Gasteiger partial charge in [-0.1, -0.05) is 43.3 Å². The summed E-state index contributed by atoms with van der Waals surface area (Å²) in [7, 11) is 0. The minimum absolute atomic E-state index is 0.0559. The summed E-state index contributed by atoms with van der Waals surface area (Å²) in [5, 5.41) is 10.0. The molecule has 0 saturated carbocycles. The second kappa shape index (κ2) is 12.3. The molecule has 2 saturated heterocycles. The fourth-order valence-electron chi connectivity index (χ4n) is 6.73. The van der Waals surface area contributed by atoms with E-state index in [1.54, 1.807) is 18.3 Å². The zero-order valence-electron chi connectivity index (χ0n) is 23.8. The molecule has 7 nitrogen and oxygen atoms in total. The zero-order valence-corrected chi connectivity index (χ0v) is 23.8. The van der Waals surface area contributed by atoms with Crippen molar-refractivity contribution in [2.45, 2.75) is 38.7 Å². The molecular formula is C35H36N2O5. The Bertz CT molecular complexity index is 1500. The first-order chi connectivity index (χ1) is 20.5. The lowest BCUT2D eigenvalue weighted by Gasteiger charge is -2.31. The zero-order chi connectivity index (χ0) is 29.1. The smallest absolute Gasteiger partial charge is 0.233 e. The lowest BCUT2D eigenvalue weighted by molar-refractivity contribution is -0.140. The van der Waals surface area contributed by atoms with Crippen molar-refractivity contribution in [3.8, 4) is 11.5 Å². The molecule has 4 atom stereocenters. The molecule has 0 spiro atoms. The Morgan fingerprint density at radius 3 is 2.64 bits per heavy atom. The largest absolute Gasteiger partial charge is 0.508 e. The molecule has 0 bridgehead atoms. The summed E-state index contributed by atoms with van der Waals surface area (Å²) in [6, 6.07) is 22.7. The number of aromatic hydroxyl groups is 1. The SMILES string of the molecule is CCCN1C(=O)[C@@H]2[C@@H](CC(COc3ccccc3)=C3[C@@H](CC/C(=C/c4cccc(O)c4)c4ccccn4)OC[C@@H]32)C1=O. The quantitative estimate of drug-likeness (QED) is 0.243. The predicted octanol–water partition coefficient (Wildman–Crippen LogP) is 5.91. The topological polar surface area (TPSA) is 89.0 Å². The number of amides is 2. The number of nitrogens with zero attached hydrogens (tertiary/aromatic N) is 2. The van der Waals surface area contributed by atoms with Crippen LogP contribution >= 0.6 is 0 Å². The lowest BCUT2D eigenvalue weighted by Crippen LogP contribution is -2.35. The number of carbonyl (C=O) groups is 2. The number of allylic oxidation sites excluding steroid dienone is 1. The van der Waals surface area contributed by atoms with Crippen molar-refractivity contribution in [3.63, 3.8) is 0 Å². The first-order valence-corrected chi connectivity index (χ1v) is 14.8. The minimum Gasteiger partial charge on any atom is -0.508 e. The molecule has 0 unspecified atom stereocenters. The summed E-state index contributed by atoms with van der Waals surface area (Å²) in [4.78, 5) is 33.0. The first-order valence-electron chi connectivity index (χ1n) is 14.8. The normalized spacial score (nSPS) is 23.7. The van der Waals surface area contributed by atoms with E-state index in [-0.39, 0.29) is 41.4 Å². The molecule has 2 aromatic carbocycles. The molecule has 0 radical (unpaired) electrons. The van der Waals surface area contributed by atoms with Crippen molar-refractivity contribution in [1.82, 2.24) is 9.88 Å². The molecule has 42 heavy (non-hydrogen) atoms. The van der Waals surface area contributed by atoms with E-state index >= 15 is 0 Å². The van der Waals surface area contributed by atoms with Gasteiger partial charge >= 0.3 is 0 Å². The Kier molecular flexibility index (Phi) is 8.20. The van der Waals surface area contributed by atoms with E-state index in [1.165, 1.54) is 4.90 Å². The maximum absolute atomic E-state index is 13.5. The van der Waals surface area contributed by atoms with E-state index < -0.39 is 0 Å². The number of phenols is 1. The Balaban J connectivity index is 1.30. The summed E-state index contributed by atoms with van der Waals surface area (Å²) in [5.74, 6) is 0.0101. The minimum atomic E-state index is -0.373. The molecule has 2 aliphatic heterocycles. The maximum atomic E-state index is 13.5. The van der Waals surface area contributed by atoms with E-state index in [1.807, 2.05) is 67.6 Å². The molecule has 1 aliphatic carbocycles. The van der Waals surface area contributed by atoms with Gasteiger partial charge in [-0.3, -0.25) is 19.5 Å². The molecule has 216 valence electrons. The van der Waals surface area contributed by atoms with Crippen molar-refractivity contribution >= 4 is 23.5 Å². The third-order valence-electron chi connectivity index (χ3n) is 8.58. The summed E-state index contributed by atoms with van der Waals surface area (Å²) >= 11 is 0. The van der Waals surface area contributed by atoms with Crippen molar-refractivity contribution in [2.24, 2.45) is 17.8 Å². The summed E-state index contributed by atoms with van der Waals surface area (Å²) < 4.78 is 12.6.